The topological polar surface area (TPSA) is 40.5 Å². The Morgan fingerprint density at radius 2 is 0.850 bits per heavy atom. The van der Waals surface area contributed by atoms with Crippen molar-refractivity contribution < 1.29 is 27.8 Å². The minimum absolute atomic E-state index is 0.123. The Bertz CT molecular complexity index is 552. The highest BCUT2D eigenvalue weighted by Gasteiger charge is 2.12. The van der Waals surface area contributed by atoms with Crippen LogP contribution in [-0.4, -0.2) is 10.2 Å². The second kappa shape index (κ2) is 5.40. The van der Waals surface area contributed by atoms with Crippen LogP contribution in [0.5, 0.6) is 11.5 Å². The van der Waals surface area contributed by atoms with Gasteiger partial charge in [0.1, 0.15) is 0 Å². The summed E-state index contributed by atoms with van der Waals surface area (Å²) in [7, 11) is 0. The number of aromatic hydroxyl groups is 2. The predicted molar refractivity (Wildman–Crippen MR) is 63.5 cm³/mol. The summed E-state index contributed by atoms with van der Waals surface area (Å²) in [4.78, 5) is 0. The van der Waals surface area contributed by atoms with Crippen LogP contribution in [0.2, 0.25) is 0 Å². The third kappa shape index (κ3) is 2.84. The Hall–Kier alpha value is -2.24. The summed E-state index contributed by atoms with van der Waals surface area (Å²) in [6.45, 7) is 0. The summed E-state index contributed by atoms with van der Waals surface area (Å²) in [5.74, 6) is -6.50. The average Bonchev–Trinajstić information content (AvgIpc) is 2.39. The van der Waals surface area contributed by atoms with Crippen LogP contribution >= 0.6 is 0 Å². The monoisotopic (exact) mass is 286 g/mol. The quantitative estimate of drug-likeness (QED) is 0.849. The van der Waals surface area contributed by atoms with Gasteiger partial charge in [-0.25, -0.2) is 17.6 Å². The first-order chi connectivity index (χ1) is 9.38. The highest BCUT2D eigenvalue weighted by molar-refractivity contribution is 5.33. The number of rotatable bonds is 3. The van der Waals surface area contributed by atoms with Crippen LogP contribution in [0, 0.1) is 23.3 Å². The molecule has 0 saturated heterocycles. The molecule has 0 saturated carbocycles. The number of hydrogen-bond acceptors (Lipinski definition) is 2. The number of hydrogen-bond donors (Lipinski definition) is 2. The zero-order valence-electron chi connectivity index (χ0n) is 10.1. The van der Waals surface area contributed by atoms with Crippen LogP contribution in [0.3, 0.4) is 0 Å². The maximum absolute atomic E-state index is 13.1. The van der Waals surface area contributed by atoms with E-state index in [2.05, 4.69) is 0 Å². The Morgan fingerprint density at radius 1 is 0.600 bits per heavy atom. The maximum atomic E-state index is 13.1. The summed E-state index contributed by atoms with van der Waals surface area (Å²) < 4.78 is 52.4. The van der Waals surface area contributed by atoms with Gasteiger partial charge in [-0.3, -0.25) is 0 Å². The molecule has 106 valence electrons. The van der Waals surface area contributed by atoms with E-state index in [1.54, 1.807) is 0 Å². The number of aryl methyl sites for hydroxylation is 2. The predicted octanol–water partition coefficient (Wildman–Crippen LogP) is 3.44. The van der Waals surface area contributed by atoms with Crippen LogP contribution in [0.15, 0.2) is 24.3 Å². The van der Waals surface area contributed by atoms with E-state index in [1.165, 1.54) is 0 Å². The summed E-state index contributed by atoms with van der Waals surface area (Å²) in [6.07, 6.45) is 0.246. The van der Waals surface area contributed by atoms with Gasteiger partial charge in [0.05, 0.1) is 0 Å². The fourth-order valence-electron chi connectivity index (χ4n) is 1.81. The molecule has 0 heterocycles. The highest BCUT2D eigenvalue weighted by Crippen LogP contribution is 2.24. The molecule has 0 aliphatic heterocycles. The molecule has 0 fully saturated rings. The van der Waals surface area contributed by atoms with Crippen molar-refractivity contribution in [2.24, 2.45) is 0 Å². The number of phenolic OH excluding ortho intramolecular Hbond substituents is 2. The average molecular weight is 286 g/mol. The first kappa shape index (κ1) is 14.2. The Morgan fingerprint density at radius 3 is 1.10 bits per heavy atom. The van der Waals surface area contributed by atoms with E-state index < -0.39 is 34.8 Å². The Labute approximate surface area is 111 Å². The molecule has 2 aromatic rings. The van der Waals surface area contributed by atoms with E-state index >= 15 is 0 Å². The molecule has 0 bridgehead atoms. The molecule has 0 amide bonds. The van der Waals surface area contributed by atoms with Crippen molar-refractivity contribution in [2.45, 2.75) is 12.8 Å². The second-order valence-electron chi connectivity index (χ2n) is 4.32. The fraction of sp³-hybridized carbons (Fsp3) is 0.143. The van der Waals surface area contributed by atoms with Gasteiger partial charge in [0, 0.05) is 0 Å². The first-order valence-electron chi connectivity index (χ1n) is 5.72. The van der Waals surface area contributed by atoms with E-state index in [1.807, 2.05) is 0 Å². The van der Waals surface area contributed by atoms with Crippen molar-refractivity contribution in [3.05, 3.63) is 58.7 Å². The molecular weight excluding hydrogens is 276 g/mol. The van der Waals surface area contributed by atoms with Gasteiger partial charge >= 0.3 is 0 Å². The molecule has 2 aromatic carbocycles. The van der Waals surface area contributed by atoms with Crippen molar-refractivity contribution >= 4 is 0 Å². The van der Waals surface area contributed by atoms with Gasteiger partial charge in [0.25, 0.3) is 0 Å². The van der Waals surface area contributed by atoms with Gasteiger partial charge in [0.2, 0.25) is 0 Å². The molecule has 0 unspecified atom stereocenters. The SMILES string of the molecule is Oc1c(F)cc(CCc2cc(F)c(O)c(F)c2)cc1F. The van der Waals surface area contributed by atoms with Crippen molar-refractivity contribution in [2.75, 3.05) is 0 Å². The van der Waals surface area contributed by atoms with Gasteiger partial charge in [-0.1, -0.05) is 0 Å². The van der Waals surface area contributed by atoms with Gasteiger partial charge in [-0.15, -0.1) is 0 Å². The first-order valence-corrected chi connectivity index (χ1v) is 5.72. The van der Waals surface area contributed by atoms with E-state index in [4.69, 9.17) is 10.2 Å². The lowest BCUT2D eigenvalue weighted by molar-refractivity contribution is 0.394. The molecule has 0 aliphatic rings. The molecule has 2 nitrogen and oxygen atoms in total. The van der Waals surface area contributed by atoms with E-state index in [-0.39, 0.29) is 24.0 Å². The lowest BCUT2D eigenvalue weighted by atomic mass is 10.0. The highest BCUT2D eigenvalue weighted by atomic mass is 19.1. The minimum atomic E-state index is -1.09. The van der Waals surface area contributed by atoms with Gasteiger partial charge in [-0.2, -0.15) is 0 Å². The molecule has 0 atom stereocenters. The fourth-order valence-corrected chi connectivity index (χ4v) is 1.81. The number of phenols is 2. The lowest BCUT2D eigenvalue weighted by Crippen LogP contribution is -1.96. The van der Waals surface area contributed by atoms with Gasteiger partial charge < -0.3 is 10.2 Å². The molecule has 0 spiro atoms. The van der Waals surface area contributed by atoms with E-state index in [0.29, 0.717) is 0 Å². The Kier molecular flexibility index (Phi) is 3.83. The minimum Gasteiger partial charge on any atom is -0.503 e. The van der Waals surface area contributed by atoms with Crippen LogP contribution in [0.4, 0.5) is 17.6 Å². The normalized spacial score (nSPS) is 10.8. The summed E-state index contributed by atoms with van der Waals surface area (Å²) >= 11 is 0. The van der Waals surface area contributed by atoms with Crippen LogP contribution in [-0.2, 0) is 12.8 Å². The zero-order chi connectivity index (χ0) is 14.9. The number of halogens is 4. The van der Waals surface area contributed by atoms with Crippen LogP contribution in [0.25, 0.3) is 0 Å². The van der Waals surface area contributed by atoms with Crippen molar-refractivity contribution in [3.63, 3.8) is 0 Å². The maximum Gasteiger partial charge on any atom is 0.187 e. The summed E-state index contributed by atoms with van der Waals surface area (Å²) in [6, 6.07) is 3.80. The van der Waals surface area contributed by atoms with Crippen LogP contribution < -0.4 is 0 Å². The van der Waals surface area contributed by atoms with Gasteiger partial charge in [0.15, 0.2) is 34.8 Å². The zero-order valence-corrected chi connectivity index (χ0v) is 10.1. The lowest BCUT2D eigenvalue weighted by Gasteiger charge is -2.06. The Balaban J connectivity index is 2.17. The molecular formula is C14H10F4O2. The molecule has 20 heavy (non-hydrogen) atoms. The summed E-state index contributed by atoms with van der Waals surface area (Å²) in [5.41, 5.74) is 0.485. The van der Waals surface area contributed by atoms with Crippen molar-refractivity contribution in [1.82, 2.24) is 0 Å². The summed E-state index contributed by atoms with van der Waals surface area (Å²) in [5, 5.41) is 17.9. The third-order valence-corrected chi connectivity index (χ3v) is 2.86. The molecule has 6 heteroatoms. The van der Waals surface area contributed by atoms with Crippen LogP contribution in [0.1, 0.15) is 11.1 Å². The van der Waals surface area contributed by atoms with Crippen molar-refractivity contribution in [1.29, 1.82) is 0 Å². The van der Waals surface area contributed by atoms with E-state index in [0.717, 1.165) is 24.3 Å². The number of benzene rings is 2. The standard InChI is InChI=1S/C14H10F4O2/c15-9-3-7(4-10(16)13(9)19)1-2-8-5-11(17)14(20)12(18)6-8/h3-6,19-20H,1-2H2. The van der Waals surface area contributed by atoms with E-state index in [9.17, 15) is 17.6 Å². The van der Waals surface area contributed by atoms with Crippen molar-refractivity contribution in [3.8, 4) is 11.5 Å². The molecule has 0 aromatic heterocycles. The second-order valence-corrected chi connectivity index (χ2v) is 4.32. The molecule has 2 N–H and O–H groups in total. The largest absolute Gasteiger partial charge is 0.503 e. The molecule has 2 rings (SSSR count). The molecule has 0 aliphatic carbocycles. The van der Waals surface area contributed by atoms with Gasteiger partial charge in [-0.05, 0) is 48.2 Å². The third-order valence-electron chi connectivity index (χ3n) is 2.86. The molecule has 0 radical (unpaired) electrons. The smallest absolute Gasteiger partial charge is 0.187 e.